The molecule has 0 spiro atoms. The van der Waals surface area contributed by atoms with Crippen LogP contribution in [0.4, 0.5) is 34.8 Å². The summed E-state index contributed by atoms with van der Waals surface area (Å²) < 4.78 is 57.2. The molecule has 2 heterocycles. The molecule has 1 amide bonds. The molecular formula is C26H26ClF4N5O2. The van der Waals surface area contributed by atoms with Crippen molar-refractivity contribution in [2.75, 3.05) is 36.9 Å². The molecule has 1 aliphatic heterocycles. The third-order valence-corrected chi connectivity index (χ3v) is 6.19. The van der Waals surface area contributed by atoms with Crippen LogP contribution in [0.15, 0.2) is 48.8 Å². The molecule has 12 heteroatoms. The lowest BCUT2D eigenvalue weighted by Crippen LogP contribution is -2.30. The predicted molar refractivity (Wildman–Crippen MR) is 138 cm³/mol. The minimum atomic E-state index is -4.58. The van der Waals surface area contributed by atoms with Gasteiger partial charge in [0.15, 0.2) is 6.61 Å². The van der Waals surface area contributed by atoms with Crippen LogP contribution in [-0.2, 0) is 4.79 Å². The van der Waals surface area contributed by atoms with E-state index >= 15 is 0 Å². The maximum absolute atomic E-state index is 13.5. The second-order valence-electron chi connectivity index (χ2n) is 8.83. The van der Waals surface area contributed by atoms with E-state index in [1.54, 1.807) is 6.08 Å². The maximum atomic E-state index is 13.5. The van der Waals surface area contributed by atoms with Crippen LogP contribution in [0.25, 0.3) is 10.9 Å². The molecular weight excluding hydrogens is 526 g/mol. The molecule has 1 saturated heterocycles. The Bertz CT molecular complexity index is 1310. The number of halogens is 5. The number of hydrogen-bond donors (Lipinski definition) is 2. The van der Waals surface area contributed by atoms with E-state index in [4.69, 9.17) is 16.3 Å². The number of nitrogens with zero attached hydrogens (tertiary/aromatic N) is 3. The van der Waals surface area contributed by atoms with Crippen LogP contribution in [0.2, 0.25) is 5.02 Å². The van der Waals surface area contributed by atoms with E-state index in [9.17, 15) is 22.4 Å². The Hall–Kier alpha value is -3.44. The quantitative estimate of drug-likeness (QED) is 0.234. The van der Waals surface area contributed by atoms with Gasteiger partial charge in [-0.1, -0.05) is 24.1 Å². The van der Waals surface area contributed by atoms with Crippen LogP contribution in [0, 0.1) is 5.82 Å². The van der Waals surface area contributed by atoms with Crippen molar-refractivity contribution in [2.24, 2.45) is 0 Å². The third kappa shape index (κ3) is 7.78. The van der Waals surface area contributed by atoms with Crippen molar-refractivity contribution in [1.82, 2.24) is 14.9 Å². The summed E-state index contributed by atoms with van der Waals surface area (Å²) in [6, 6.07) is 6.71. The van der Waals surface area contributed by atoms with Crippen molar-refractivity contribution in [3.63, 3.8) is 0 Å². The number of hydrogen-bond acceptors (Lipinski definition) is 6. The van der Waals surface area contributed by atoms with E-state index in [-0.39, 0.29) is 27.8 Å². The Morgan fingerprint density at radius 2 is 1.92 bits per heavy atom. The summed E-state index contributed by atoms with van der Waals surface area (Å²) in [5, 5.41) is 5.87. The van der Waals surface area contributed by atoms with Crippen LogP contribution < -0.4 is 15.4 Å². The van der Waals surface area contributed by atoms with Gasteiger partial charge in [0.25, 0.3) is 0 Å². The number of amides is 1. The lowest BCUT2D eigenvalue weighted by molar-refractivity contribution is -0.153. The number of carbonyl (C=O) groups excluding carboxylic acids is 1. The fraction of sp³-hybridized carbons (Fsp3) is 0.346. The van der Waals surface area contributed by atoms with E-state index in [0.717, 1.165) is 19.6 Å². The van der Waals surface area contributed by atoms with Crippen LogP contribution in [0.1, 0.15) is 25.7 Å². The summed E-state index contributed by atoms with van der Waals surface area (Å²) >= 11 is 5.86. The van der Waals surface area contributed by atoms with Crippen LogP contribution in [-0.4, -0.2) is 53.2 Å². The van der Waals surface area contributed by atoms with E-state index in [1.807, 2.05) is 0 Å². The Kier molecular flexibility index (Phi) is 9.01. The standard InChI is InChI=1S/C26H26ClF4N5O2/c27-19-12-17(7-8-20(19)28)34-25-18-13-22(23(38-15-26(29,30)31)14-21(18)32-16-33-25)35-24(37)6-2-5-11-36-9-3-1-4-10-36/h2,6-8,12-14,16H,1,3-5,9-11,15H2,(H,35,37)(H,32,33,34)/b6-2+. The minimum absolute atomic E-state index is 0.0161. The van der Waals surface area contributed by atoms with Gasteiger partial charge in [0, 0.05) is 23.7 Å². The van der Waals surface area contributed by atoms with Gasteiger partial charge in [0.05, 0.1) is 16.2 Å². The van der Waals surface area contributed by atoms with Gasteiger partial charge in [-0.05, 0) is 62.7 Å². The molecule has 0 atom stereocenters. The number of piperidine rings is 1. The van der Waals surface area contributed by atoms with E-state index in [2.05, 4.69) is 25.5 Å². The molecule has 2 aromatic carbocycles. The number of likely N-dealkylation sites (tertiary alicyclic amines) is 1. The monoisotopic (exact) mass is 551 g/mol. The van der Waals surface area contributed by atoms with Gasteiger partial charge >= 0.3 is 6.18 Å². The van der Waals surface area contributed by atoms with Crippen molar-refractivity contribution < 1.29 is 27.1 Å². The van der Waals surface area contributed by atoms with Gasteiger partial charge in [-0.2, -0.15) is 13.2 Å². The summed E-state index contributed by atoms with van der Waals surface area (Å²) in [6.07, 6.45) is 3.96. The second kappa shape index (κ2) is 12.4. The second-order valence-corrected chi connectivity index (χ2v) is 9.24. The van der Waals surface area contributed by atoms with Gasteiger partial charge in [0.2, 0.25) is 5.91 Å². The molecule has 1 fully saturated rings. The fourth-order valence-corrected chi connectivity index (χ4v) is 4.26. The molecule has 0 radical (unpaired) electrons. The van der Waals surface area contributed by atoms with Crippen LogP contribution in [0.3, 0.4) is 0 Å². The number of ether oxygens (including phenoxy) is 1. The SMILES string of the molecule is O=C(/C=C/CCN1CCCCC1)Nc1cc2c(Nc3ccc(F)c(Cl)c3)ncnc2cc1OCC(F)(F)F. The zero-order valence-corrected chi connectivity index (χ0v) is 21.1. The van der Waals surface area contributed by atoms with Crippen molar-refractivity contribution in [1.29, 1.82) is 0 Å². The Labute approximate surface area is 221 Å². The Balaban J connectivity index is 1.56. The molecule has 7 nitrogen and oxygen atoms in total. The first kappa shape index (κ1) is 27.6. The largest absolute Gasteiger partial charge is 0.482 e. The maximum Gasteiger partial charge on any atom is 0.422 e. The molecule has 0 bridgehead atoms. The van der Waals surface area contributed by atoms with Crippen molar-refractivity contribution in [2.45, 2.75) is 31.9 Å². The molecule has 1 aromatic heterocycles. The van der Waals surface area contributed by atoms with E-state index in [0.29, 0.717) is 17.5 Å². The molecule has 0 unspecified atom stereocenters. The van der Waals surface area contributed by atoms with Crippen molar-refractivity contribution >= 4 is 45.6 Å². The number of benzene rings is 2. The van der Waals surface area contributed by atoms with Gasteiger partial charge in [0.1, 0.15) is 23.7 Å². The summed E-state index contributed by atoms with van der Waals surface area (Å²) in [5.74, 6) is -1.03. The molecule has 38 heavy (non-hydrogen) atoms. The zero-order chi connectivity index (χ0) is 27.1. The Morgan fingerprint density at radius 1 is 1.13 bits per heavy atom. The average Bonchev–Trinajstić information content (AvgIpc) is 2.88. The highest BCUT2D eigenvalue weighted by Gasteiger charge is 2.29. The lowest BCUT2D eigenvalue weighted by Gasteiger charge is -2.25. The lowest BCUT2D eigenvalue weighted by atomic mass is 10.1. The van der Waals surface area contributed by atoms with E-state index in [1.165, 1.54) is 62.0 Å². The third-order valence-electron chi connectivity index (χ3n) is 5.90. The number of anilines is 3. The number of carbonyl (C=O) groups is 1. The summed E-state index contributed by atoms with van der Waals surface area (Å²) in [4.78, 5) is 23.2. The smallest absolute Gasteiger partial charge is 0.422 e. The highest BCUT2D eigenvalue weighted by atomic mass is 35.5. The van der Waals surface area contributed by atoms with Gasteiger partial charge < -0.3 is 20.3 Å². The van der Waals surface area contributed by atoms with Crippen molar-refractivity contribution in [3.05, 3.63) is 59.7 Å². The number of aromatic nitrogens is 2. The summed E-state index contributed by atoms with van der Waals surface area (Å²) in [7, 11) is 0. The van der Waals surface area contributed by atoms with Crippen LogP contribution >= 0.6 is 11.6 Å². The molecule has 0 aliphatic carbocycles. The molecule has 2 N–H and O–H groups in total. The first-order valence-corrected chi connectivity index (χ1v) is 12.5. The number of nitrogens with one attached hydrogen (secondary N) is 2. The molecule has 202 valence electrons. The average molecular weight is 552 g/mol. The number of alkyl halides is 3. The van der Waals surface area contributed by atoms with Crippen LogP contribution in [0.5, 0.6) is 5.75 Å². The molecule has 1 aliphatic rings. The minimum Gasteiger partial charge on any atom is -0.482 e. The zero-order valence-electron chi connectivity index (χ0n) is 20.3. The number of rotatable bonds is 9. The fourth-order valence-electron chi connectivity index (χ4n) is 4.08. The summed E-state index contributed by atoms with van der Waals surface area (Å²) in [5.41, 5.74) is 0.710. The highest BCUT2D eigenvalue weighted by Crippen LogP contribution is 2.34. The summed E-state index contributed by atoms with van der Waals surface area (Å²) in [6.45, 7) is 1.37. The Morgan fingerprint density at radius 3 is 2.66 bits per heavy atom. The molecule has 0 saturated carbocycles. The first-order valence-electron chi connectivity index (χ1n) is 12.1. The normalized spacial score (nSPS) is 14.7. The van der Waals surface area contributed by atoms with Crippen molar-refractivity contribution in [3.8, 4) is 5.75 Å². The predicted octanol–water partition coefficient (Wildman–Crippen LogP) is 6.48. The first-order chi connectivity index (χ1) is 18.2. The number of fused-ring (bicyclic) bond motifs is 1. The topological polar surface area (TPSA) is 79.4 Å². The van der Waals surface area contributed by atoms with Gasteiger partial charge in [-0.25, -0.2) is 14.4 Å². The molecule has 3 aromatic rings. The van der Waals surface area contributed by atoms with E-state index < -0.39 is 24.5 Å². The molecule has 4 rings (SSSR count). The highest BCUT2D eigenvalue weighted by molar-refractivity contribution is 6.31. The van der Waals surface area contributed by atoms with Gasteiger partial charge in [-0.15, -0.1) is 0 Å². The van der Waals surface area contributed by atoms with Gasteiger partial charge in [-0.3, -0.25) is 4.79 Å².